The van der Waals surface area contributed by atoms with Crippen LogP contribution >= 0.6 is 11.6 Å². The Morgan fingerprint density at radius 2 is 1.79 bits per heavy atom. The molecule has 0 fully saturated rings. The number of carbonyl (C=O) groups is 1. The smallest absolute Gasteiger partial charge is 0.251 e. The first kappa shape index (κ1) is 16.2. The fraction of sp³-hybridized carbons (Fsp3) is 0.167. The highest BCUT2D eigenvalue weighted by Crippen LogP contribution is 2.10. The second-order valence-corrected chi connectivity index (χ2v) is 5.72. The number of amides is 1. The molecule has 0 unspecified atom stereocenters. The first-order valence-corrected chi connectivity index (χ1v) is 7.97. The molecule has 0 aliphatic rings. The Labute approximate surface area is 144 Å². The maximum Gasteiger partial charge on any atom is 0.251 e. The van der Waals surface area contributed by atoms with E-state index < -0.39 is 0 Å². The zero-order valence-corrected chi connectivity index (χ0v) is 13.7. The maximum atomic E-state index is 12.0. The van der Waals surface area contributed by atoms with Crippen LogP contribution < -0.4 is 5.32 Å². The van der Waals surface area contributed by atoms with Crippen molar-refractivity contribution < 1.29 is 9.32 Å². The van der Waals surface area contributed by atoms with Crippen molar-refractivity contribution in [2.24, 2.45) is 0 Å². The molecule has 1 aromatic heterocycles. The summed E-state index contributed by atoms with van der Waals surface area (Å²) in [6.07, 6.45) is 1.50. The van der Waals surface area contributed by atoms with E-state index in [1.165, 1.54) is 5.56 Å². The molecule has 0 bridgehead atoms. The highest BCUT2D eigenvalue weighted by Gasteiger charge is 2.09. The summed E-state index contributed by atoms with van der Waals surface area (Å²) in [5, 5.41) is 7.23. The van der Waals surface area contributed by atoms with Gasteiger partial charge in [0.2, 0.25) is 5.89 Å². The van der Waals surface area contributed by atoms with E-state index in [4.69, 9.17) is 16.1 Å². The van der Waals surface area contributed by atoms with Gasteiger partial charge in [0.15, 0.2) is 5.82 Å². The van der Waals surface area contributed by atoms with Gasteiger partial charge in [0.1, 0.15) is 0 Å². The van der Waals surface area contributed by atoms with Gasteiger partial charge in [-0.25, -0.2) is 0 Å². The van der Waals surface area contributed by atoms with Crippen molar-refractivity contribution in [3.63, 3.8) is 0 Å². The molecule has 122 valence electrons. The molecule has 1 N–H and O–H groups in total. The molecule has 3 aromatic rings. The third kappa shape index (κ3) is 4.43. The van der Waals surface area contributed by atoms with Gasteiger partial charge < -0.3 is 9.84 Å². The molecule has 1 amide bonds. The lowest BCUT2D eigenvalue weighted by Gasteiger charge is -2.02. The number of aryl methyl sites for hydroxylation is 2. The van der Waals surface area contributed by atoms with Gasteiger partial charge in [-0.3, -0.25) is 4.79 Å². The number of halogens is 1. The summed E-state index contributed by atoms with van der Waals surface area (Å²) in [4.78, 5) is 16.3. The molecule has 1 heterocycles. The Balaban J connectivity index is 1.50. The summed E-state index contributed by atoms with van der Waals surface area (Å²) >= 11 is 5.80. The van der Waals surface area contributed by atoms with E-state index in [9.17, 15) is 4.79 Å². The Hall–Kier alpha value is -2.66. The van der Waals surface area contributed by atoms with Crippen molar-refractivity contribution in [3.05, 3.63) is 82.5 Å². The number of aromatic nitrogens is 2. The molecule has 0 radical (unpaired) electrons. The van der Waals surface area contributed by atoms with Crippen LogP contribution in [0.4, 0.5) is 0 Å². The number of nitrogens with one attached hydrogen (secondary N) is 1. The van der Waals surface area contributed by atoms with E-state index in [1.807, 2.05) is 18.2 Å². The summed E-state index contributed by atoms with van der Waals surface area (Å²) in [5.74, 6) is 0.817. The van der Waals surface area contributed by atoms with Crippen LogP contribution in [0.15, 0.2) is 59.1 Å². The number of benzene rings is 2. The van der Waals surface area contributed by atoms with Gasteiger partial charge in [0, 0.05) is 17.0 Å². The van der Waals surface area contributed by atoms with E-state index in [2.05, 4.69) is 27.6 Å². The molecule has 3 rings (SSSR count). The Kier molecular flexibility index (Phi) is 5.23. The molecule has 0 saturated heterocycles. The summed E-state index contributed by atoms with van der Waals surface area (Å²) in [6, 6.07) is 16.8. The fourth-order valence-electron chi connectivity index (χ4n) is 2.22. The minimum absolute atomic E-state index is 0.206. The summed E-state index contributed by atoms with van der Waals surface area (Å²) in [5.41, 5.74) is 1.75. The van der Waals surface area contributed by atoms with Crippen LogP contribution in [0.1, 0.15) is 27.6 Å². The number of hydrogen-bond acceptors (Lipinski definition) is 4. The van der Waals surface area contributed by atoms with Gasteiger partial charge in [0.25, 0.3) is 5.91 Å². The van der Waals surface area contributed by atoms with Gasteiger partial charge in [-0.2, -0.15) is 4.98 Å². The number of nitrogens with zero attached hydrogens (tertiary/aromatic N) is 2. The lowest BCUT2D eigenvalue weighted by Crippen LogP contribution is -2.23. The predicted molar refractivity (Wildman–Crippen MR) is 90.8 cm³/mol. The fourth-order valence-corrected chi connectivity index (χ4v) is 2.35. The summed E-state index contributed by atoms with van der Waals surface area (Å²) < 4.78 is 5.21. The second kappa shape index (κ2) is 7.75. The molecule has 0 aliphatic carbocycles. The standard InChI is InChI=1S/C18H16ClN3O2/c19-15-9-7-14(8-10-15)18(23)20-12-16-21-17(24-22-16)11-6-13-4-2-1-3-5-13/h1-5,7-10H,6,11-12H2,(H,20,23). The predicted octanol–water partition coefficient (Wildman–Crippen LogP) is 3.44. The average Bonchev–Trinajstić information content (AvgIpc) is 3.07. The third-order valence-electron chi connectivity index (χ3n) is 3.49. The SMILES string of the molecule is O=C(NCc1noc(CCc2ccccc2)n1)c1ccc(Cl)cc1. The van der Waals surface area contributed by atoms with Crippen LogP contribution in [0, 0.1) is 0 Å². The zero-order chi connectivity index (χ0) is 16.8. The van der Waals surface area contributed by atoms with Gasteiger partial charge in [-0.15, -0.1) is 0 Å². The van der Waals surface area contributed by atoms with Crippen molar-refractivity contribution in [2.75, 3.05) is 0 Å². The van der Waals surface area contributed by atoms with E-state index in [-0.39, 0.29) is 12.5 Å². The van der Waals surface area contributed by atoms with E-state index in [1.54, 1.807) is 24.3 Å². The Morgan fingerprint density at radius 1 is 1.04 bits per heavy atom. The van der Waals surface area contributed by atoms with Crippen molar-refractivity contribution in [2.45, 2.75) is 19.4 Å². The molecule has 5 nitrogen and oxygen atoms in total. The minimum atomic E-state index is -0.206. The lowest BCUT2D eigenvalue weighted by atomic mass is 10.1. The van der Waals surface area contributed by atoms with Crippen LogP contribution in [0.2, 0.25) is 5.02 Å². The monoisotopic (exact) mass is 341 g/mol. The molecule has 6 heteroatoms. The van der Waals surface area contributed by atoms with Crippen molar-refractivity contribution in [1.29, 1.82) is 0 Å². The largest absolute Gasteiger partial charge is 0.345 e. The molecule has 24 heavy (non-hydrogen) atoms. The maximum absolute atomic E-state index is 12.0. The topological polar surface area (TPSA) is 68.0 Å². The van der Waals surface area contributed by atoms with Crippen LogP contribution in [0.25, 0.3) is 0 Å². The van der Waals surface area contributed by atoms with E-state index in [0.717, 1.165) is 6.42 Å². The molecule has 0 atom stereocenters. The highest BCUT2D eigenvalue weighted by molar-refractivity contribution is 6.30. The van der Waals surface area contributed by atoms with Crippen LogP contribution in [0.5, 0.6) is 0 Å². The third-order valence-corrected chi connectivity index (χ3v) is 3.75. The molecular weight excluding hydrogens is 326 g/mol. The lowest BCUT2D eigenvalue weighted by molar-refractivity contribution is 0.0949. The number of rotatable bonds is 6. The van der Waals surface area contributed by atoms with E-state index in [0.29, 0.717) is 28.7 Å². The Morgan fingerprint density at radius 3 is 2.54 bits per heavy atom. The zero-order valence-electron chi connectivity index (χ0n) is 12.9. The molecule has 0 saturated carbocycles. The first-order chi connectivity index (χ1) is 11.7. The normalized spacial score (nSPS) is 10.5. The Bertz CT molecular complexity index is 801. The molecule has 0 spiro atoms. The van der Waals surface area contributed by atoms with Crippen LogP contribution in [-0.2, 0) is 19.4 Å². The van der Waals surface area contributed by atoms with Gasteiger partial charge in [-0.05, 0) is 36.2 Å². The minimum Gasteiger partial charge on any atom is -0.345 e. The summed E-state index contributed by atoms with van der Waals surface area (Å²) in [6.45, 7) is 0.219. The quantitative estimate of drug-likeness (QED) is 0.745. The molecular formula is C18H16ClN3O2. The molecule has 0 aliphatic heterocycles. The van der Waals surface area contributed by atoms with Gasteiger partial charge >= 0.3 is 0 Å². The van der Waals surface area contributed by atoms with Crippen molar-refractivity contribution >= 4 is 17.5 Å². The van der Waals surface area contributed by atoms with Gasteiger partial charge in [0.05, 0.1) is 6.54 Å². The number of carbonyl (C=O) groups excluding carboxylic acids is 1. The summed E-state index contributed by atoms with van der Waals surface area (Å²) in [7, 11) is 0. The highest BCUT2D eigenvalue weighted by atomic mass is 35.5. The second-order valence-electron chi connectivity index (χ2n) is 5.28. The van der Waals surface area contributed by atoms with E-state index >= 15 is 0 Å². The first-order valence-electron chi connectivity index (χ1n) is 7.60. The number of hydrogen-bond donors (Lipinski definition) is 1. The van der Waals surface area contributed by atoms with Crippen LogP contribution in [0.3, 0.4) is 0 Å². The van der Waals surface area contributed by atoms with Crippen molar-refractivity contribution in [3.8, 4) is 0 Å². The molecule has 2 aromatic carbocycles. The van der Waals surface area contributed by atoms with Gasteiger partial charge in [-0.1, -0.05) is 47.1 Å². The average molecular weight is 342 g/mol. The van der Waals surface area contributed by atoms with Crippen LogP contribution in [-0.4, -0.2) is 16.0 Å². The van der Waals surface area contributed by atoms with Crippen molar-refractivity contribution in [1.82, 2.24) is 15.5 Å².